The van der Waals surface area contributed by atoms with E-state index in [1.165, 1.54) is 5.39 Å². The van der Waals surface area contributed by atoms with Crippen molar-refractivity contribution in [3.63, 3.8) is 0 Å². The Kier molecular flexibility index (Phi) is 4.39. The Morgan fingerprint density at radius 3 is 2.46 bits per heavy atom. The molecule has 0 aliphatic heterocycles. The van der Waals surface area contributed by atoms with Gasteiger partial charge in [-0.3, -0.25) is 5.32 Å². The number of urea groups is 1. The largest absolute Gasteiger partial charge is 0.359 e. The predicted octanol–water partition coefficient (Wildman–Crippen LogP) is 5.56. The van der Waals surface area contributed by atoms with Crippen LogP contribution >= 0.6 is 0 Å². The van der Waals surface area contributed by atoms with Crippen molar-refractivity contribution in [3.8, 4) is 5.69 Å². The first-order valence-electron chi connectivity index (χ1n) is 9.12. The molecular formula is C22H22N4O2. The maximum atomic E-state index is 12.2. The third kappa shape index (κ3) is 3.62. The minimum absolute atomic E-state index is 0.165. The summed E-state index contributed by atoms with van der Waals surface area (Å²) in [5.74, 6) is 1.10. The van der Waals surface area contributed by atoms with Gasteiger partial charge in [-0.05, 0) is 41.8 Å². The molecule has 6 heteroatoms. The van der Waals surface area contributed by atoms with Gasteiger partial charge in [-0.2, -0.15) is 0 Å². The molecule has 0 unspecified atom stereocenters. The SMILES string of the molecule is CC(C)(C)c1cc(NC(=O)Nc2ccc(-n3ccc4ccccc43)cc2)no1. The molecule has 0 saturated heterocycles. The normalized spacial score (nSPS) is 11.5. The fourth-order valence-corrected chi connectivity index (χ4v) is 2.98. The van der Waals surface area contributed by atoms with Crippen LogP contribution in [0, 0.1) is 0 Å². The smallest absolute Gasteiger partial charge is 0.324 e. The Morgan fingerprint density at radius 2 is 1.75 bits per heavy atom. The molecule has 2 aromatic carbocycles. The molecule has 0 spiro atoms. The lowest BCUT2D eigenvalue weighted by molar-refractivity contribution is 0.262. The molecule has 4 aromatic rings. The first kappa shape index (κ1) is 17.9. The standard InChI is InChI=1S/C22H22N4O2/c1-22(2,3)19-14-20(25-28-19)24-21(27)23-16-8-10-17(11-9-16)26-13-12-15-6-4-5-7-18(15)26/h4-14H,1-3H3,(H2,23,24,25,27). The highest BCUT2D eigenvalue weighted by Gasteiger charge is 2.20. The topological polar surface area (TPSA) is 72.1 Å². The molecule has 0 saturated carbocycles. The highest BCUT2D eigenvalue weighted by molar-refractivity contribution is 5.99. The summed E-state index contributed by atoms with van der Waals surface area (Å²) >= 11 is 0. The van der Waals surface area contributed by atoms with Gasteiger partial charge in [0.1, 0.15) is 5.76 Å². The Morgan fingerprint density at radius 1 is 1.00 bits per heavy atom. The summed E-state index contributed by atoms with van der Waals surface area (Å²) < 4.78 is 7.39. The third-order valence-corrected chi connectivity index (χ3v) is 4.49. The van der Waals surface area contributed by atoms with Gasteiger partial charge in [0.2, 0.25) is 0 Å². The zero-order chi connectivity index (χ0) is 19.7. The number of hydrogen-bond donors (Lipinski definition) is 2. The van der Waals surface area contributed by atoms with Crippen molar-refractivity contribution < 1.29 is 9.32 Å². The van der Waals surface area contributed by atoms with Gasteiger partial charge in [0.25, 0.3) is 0 Å². The molecule has 142 valence electrons. The van der Waals surface area contributed by atoms with Crippen molar-refractivity contribution >= 4 is 28.4 Å². The van der Waals surface area contributed by atoms with E-state index in [2.05, 4.69) is 38.6 Å². The lowest BCUT2D eigenvalue weighted by Crippen LogP contribution is -2.19. The molecule has 2 N–H and O–H groups in total. The average Bonchev–Trinajstić information content (AvgIpc) is 3.29. The number of para-hydroxylation sites is 1. The summed E-state index contributed by atoms with van der Waals surface area (Å²) in [7, 11) is 0. The van der Waals surface area contributed by atoms with Crippen molar-refractivity contribution in [2.75, 3.05) is 10.6 Å². The molecule has 0 bridgehead atoms. The first-order chi connectivity index (χ1) is 13.4. The number of anilines is 2. The van der Waals surface area contributed by atoms with Crippen LogP contribution in [-0.2, 0) is 5.41 Å². The average molecular weight is 374 g/mol. The van der Waals surface area contributed by atoms with Crippen LogP contribution in [0.25, 0.3) is 16.6 Å². The Hall–Kier alpha value is -3.54. The van der Waals surface area contributed by atoms with Gasteiger partial charge in [0.15, 0.2) is 5.82 Å². The highest BCUT2D eigenvalue weighted by Crippen LogP contribution is 2.25. The van der Waals surface area contributed by atoms with Crippen LogP contribution < -0.4 is 10.6 Å². The van der Waals surface area contributed by atoms with Crippen LogP contribution in [0.2, 0.25) is 0 Å². The maximum Gasteiger partial charge on any atom is 0.324 e. The van der Waals surface area contributed by atoms with Crippen molar-refractivity contribution in [1.29, 1.82) is 0 Å². The minimum Gasteiger partial charge on any atom is -0.359 e. The summed E-state index contributed by atoms with van der Waals surface area (Å²) in [4.78, 5) is 12.2. The second-order valence-corrected chi connectivity index (χ2v) is 7.70. The number of benzene rings is 2. The highest BCUT2D eigenvalue weighted by atomic mass is 16.5. The number of aromatic nitrogens is 2. The number of amides is 2. The van der Waals surface area contributed by atoms with E-state index in [1.54, 1.807) is 6.07 Å². The van der Waals surface area contributed by atoms with Crippen LogP contribution in [0.3, 0.4) is 0 Å². The number of carbonyl (C=O) groups excluding carboxylic acids is 1. The molecule has 0 aliphatic rings. The van der Waals surface area contributed by atoms with E-state index in [4.69, 9.17) is 4.52 Å². The van der Waals surface area contributed by atoms with Gasteiger partial charge >= 0.3 is 6.03 Å². The number of fused-ring (bicyclic) bond motifs is 1. The third-order valence-electron chi connectivity index (χ3n) is 4.49. The lowest BCUT2D eigenvalue weighted by Gasteiger charge is -2.12. The van der Waals surface area contributed by atoms with Crippen LogP contribution in [-0.4, -0.2) is 15.8 Å². The van der Waals surface area contributed by atoms with Gasteiger partial charge in [-0.1, -0.05) is 44.1 Å². The van der Waals surface area contributed by atoms with Gasteiger partial charge in [0, 0.05) is 29.1 Å². The van der Waals surface area contributed by atoms with Crippen molar-refractivity contribution in [3.05, 3.63) is 72.6 Å². The molecule has 4 rings (SSSR count). The van der Waals surface area contributed by atoms with Gasteiger partial charge in [0.05, 0.1) is 5.52 Å². The van der Waals surface area contributed by atoms with Crippen molar-refractivity contribution in [1.82, 2.24) is 9.72 Å². The number of rotatable bonds is 3. The van der Waals surface area contributed by atoms with E-state index in [0.29, 0.717) is 17.3 Å². The van der Waals surface area contributed by atoms with Crippen LogP contribution in [0.1, 0.15) is 26.5 Å². The summed E-state index contributed by atoms with van der Waals surface area (Å²) in [5, 5.41) is 10.6. The Balaban J connectivity index is 1.44. The van der Waals surface area contributed by atoms with E-state index in [9.17, 15) is 4.79 Å². The molecule has 6 nitrogen and oxygen atoms in total. The Bertz CT molecular complexity index is 1120. The molecule has 2 aromatic heterocycles. The summed E-state index contributed by atoms with van der Waals surface area (Å²) in [5.41, 5.74) is 2.69. The molecule has 28 heavy (non-hydrogen) atoms. The molecule has 2 amide bonds. The second kappa shape index (κ2) is 6.88. The van der Waals surface area contributed by atoms with Crippen molar-refractivity contribution in [2.45, 2.75) is 26.2 Å². The van der Waals surface area contributed by atoms with Crippen LogP contribution in [0.15, 0.2) is 71.4 Å². The van der Waals surface area contributed by atoms with Gasteiger partial charge in [-0.15, -0.1) is 0 Å². The van der Waals surface area contributed by atoms with E-state index in [1.807, 2.05) is 63.4 Å². The fourth-order valence-electron chi connectivity index (χ4n) is 2.98. The van der Waals surface area contributed by atoms with E-state index >= 15 is 0 Å². The second-order valence-electron chi connectivity index (χ2n) is 7.70. The van der Waals surface area contributed by atoms with E-state index < -0.39 is 0 Å². The van der Waals surface area contributed by atoms with Gasteiger partial charge in [-0.25, -0.2) is 4.79 Å². The number of hydrogen-bond acceptors (Lipinski definition) is 3. The predicted molar refractivity (Wildman–Crippen MR) is 111 cm³/mol. The molecule has 0 radical (unpaired) electrons. The van der Waals surface area contributed by atoms with Crippen LogP contribution in [0.5, 0.6) is 0 Å². The molecule has 0 atom stereocenters. The van der Waals surface area contributed by atoms with E-state index in [0.717, 1.165) is 11.2 Å². The number of carbonyl (C=O) groups is 1. The molecule has 0 fully saturated rings. The van der Waals surface area contributed by atoms with Crippen molar-refractivity contribution in [2.24, 2.45) is 0 Å². The maximum absolute atomic E-state index is 12.2. The monoisotopic (exact) mass is 374 g/mol. The molecule has 0 aliphatic carbocycles. The number of nitrogens with one attached hydrogen (secondary N) is 2. The Labute approximate surface area is 163 Å². The molecular weight excluding hydrogens is 352 g/mol. The zero-order valence-electron chi connectivity index (χ0n) is 16.1. The zero-order valence-corrected chi connectivity index (χ0v) is 16.1. The quantitative estimate of drug-likeness (QED) is 0.493. The summed E-state index contributed by atoms with van der Waals surface area (Å²) in [6.07, 6.45) is 2.04. The first-order valence-corrected chi connectivity index (χ1v) is 9.12. The summed E-state index contributed by atoms with van der Waals surface area (Å²) in [6, 6.07) is 19.3. The minimum atomic E-state index is -0.368. The number of nitrogens with zero attached hydrogens (tertiary/aromatic N) is 2. The van der Waals surface area contributed by atoms with Gasteiger partial charge < -0.3 is 14.4 Å². The molecule has 2 heterocycles. The van der Waals surface area contributed by atoms with Crippen LogP contribution in [0.4, 0.5) is 16.3 Å². The summed E-state index contributed by atoms with van der Waals surface area (Å²) in [6.45, 7) is 6.06. The lowest BCUT2D eigenvalue weighted by atomic mass is 9.93. The van der Waals surface area contributed by atoms with E-state index in [-0.39, 0.29) is 11.4 Å². The fraction of sp³-hybridized carbons (Fsp3) is 0.182.